The molecule has 0 aliphatic heterocycles. The van der Waals surface area contributed by atoms with Gasteiger partial charge in [0.25, 0.3) is 0 Å². The maximum Gasteiger partial charge on any atom is 0.307 e. The molecule has 0 aromatic carbocycles. The maximum absolute atomic E-state index is 10.6. The summed E-state index contributed by atoms with van der Waals surface area (Å²) in [5.74, 6) is -0.0447. The monoisotopic (exact) mass is 145 g/mol. The summed E-state index contributed by atoms with van der Waals surface area (Å²) in [6.45, 7) is 5.57. The van der Waals surface area contributed by atoms with E-state index in [1.165, 1.54) is 0 Å². The number of rotatable bonds is 3. The molecule has 0 bridgehead atoms. The number of esters is 1. The third kappa shape index (κ3) is 3.45. The van der Waals surface area contributed by atoms with E-state index in [1.807, 2.05) is 13.8 Å². The Morgan fingerprint density at radius 1 is 1.60 bits per heavy atom. The van der Waals surface area contributed by atoms with Gasteiger partial charge in [-0.2, -0.15) is 0 Å². The number of carbonyl (C=O) groups is 1. The zero-order valence-corrected chi connectivity index (χ0v) is 6.76. The van der Waals surface area contributed by atoms with E-state index < -0.39 is 6.23 Å². The van der Waals surface area contributed by atoms with Crippen molar-refractivity contribution in [2.45, 2.75) is 33.4 Å². The molecular weight excluding hydrogens is 130 g/mol. The highest BCUT2D eigenvalue weighted by Crippen LogP contribution is 2.00. The van der Waals surface area contributed by atoms with Gasteiger partial charge in [0, 0.05) is 12.3 Å². The summed E-state index contributed by atoms with van der Waals surface area (Å²) in [7, 11) is 0. The van der Waals surface area contributed by atoms with Crippen LogP contribution in [0.1, 0.15) is 27.2 Å². The van der Waals surface area contributed by atoms with Crippen molar-refractivity contribution in [3.05, 3.63) is 0 Å². The highest BCUT2D eigenvalue weighted by molar-refractivity contribution is 5.69. The zero-order valence-electron chi connectivity index (χ0n) is 6.76. The quantitative estimate of drug-likeness (QED) is 0.473. The molecule has 1 unspecified atom stereocenters. The Labute approximate surface area is 61.5 Å². The average molecular weight is 145 g/mol. The van der Waals surface area contributed by atoms with Gasteiger partial charge in [0.1, 0.15) is 0 Å². The Kier molecular flexibility index (Phi) is 4.03. The second-order valence-corrected chi connectivity index (χ2v) is 2.55. The number of hydrogen-bond acceptors (Lipinski definition) is 3. The Morgan fingerprint density at radius 3 is 2.40 bits per heavy atom. The third-order valence-electron chi connectivity index (χ3n) is 1.21. The van der Waals surface area contributed by atoms with Crippen molar-refractivity contribution < 1.29 is 9.53 Å². The summed E-state index contributed by atoms with van der Waals surface area (Å²) in [4.78, 5) is 10.6. The van der Waals surface area contributed by atoms with E-state index in [4.69, 9.17) is 10.5 Å². The number of carbonyl (C=O) groups excluding carboxylic acids is 1. The van der Waals surface area contributed by atoms with E-state index >= 15 is 0 Å². The number of nitrogens with two attached hydrogens (primary N) is 1. The second-order valence-electron chi connectivity index (χ2n) is 2.55. The van der Waals surface area contributed by atoms with Gasteiger partial charge in [-0.15, -0.1) is 0 Å². The third-order valence-corrected chi connectivity index (χ3v) is 1.21. The van der Waals surface area contributed by atoms with Crippen molar-refractivity contribution in [3.63, 3.8) is 0 Å². The van der Waals surface area contributed by atoms with E-state index in [-0.39, 0.29) is 11.9 Å². The van der Waals surface area contributed by atoms with E-state index in [2.05, 4.69) is 0 Å². The van der Waals surface area contributed by atoms with Gasteiger partial charge in [-0.25, -0.2) is 0 Å². The first kappa shape index (κ1) is 9.43. The minimum Gasteiger partial charge on any atom is -0.447 e. The van der Waals surface area contributed by atoms with Crippen molar-refractivity contribution in [2.24, 2.45) is 11.7 Å². The minimum atomic E-state index is -0.451. The minimum absolute atomic E-state index is 0.190. The van der Waals surface area contributed by atoms with Crippen LogP contribution < -0.4 is 5.73 Å². The molecule has 0 rings (SSSR count). The van der Waals surface area contributed by atoms with E-state index in [1.54, 1.807) is 6.92 Å². The fraction of sp³-hybridized carbons (Fsp3) is 0.857. The Hall–Kier alpha value is -0.570. The van der Waals surface area contributed by atoms with Crippen LogP contribution in [0.2, 0.25) is 0 Å². The molecule has 0 aliphatic rings. The largest absolute Gasteiger partial charge is 0.447 e. The van der Waals surface area contributed by atoms with Gasteiger partial charge in [0.05, 0.1) is 0 Å². The predicted octanol–water partition coefficient (Wildman–Crippen LogP) is 0.880. The fourth-order valence-electron chi connectivity index (χ4n) is 0.371. The second kappa shape index (κ2) is 4.28. The lowest BCUT2D eigenvalue weighted by Gasteiger charge is -2.15. The van der Waals surface area contributed by atoms with Crippen LogP contribution in [0.25, 0.3) is 0 Å². The molecule has 0 saturated heterocycles. The van der Waals surface area contributed by atoms with Crippen molar-refractivity contribution in [1.29, 1.82) is 0 Å². The average Bonchev–Trinajstić information content (AvgIpc) is 1.87. The highest BCUT2D eigenvalue weighted by atomic mass is 16.6. The lowest BCUT2D eigenvalue weighted by molar-refractivity contribution is -0.150. The van der Waals surface area contributed by atoms with Gasteiger partial charge in [0.2, 0.25) is 0 Å². The first-order valence-corrected chi connectivity index (χ1v) is 3.53. The SMILES string of the molecule is CCC(=O)OC(N)C(C)C. The molecule has 3 heteroatoms. The van der Waals surface area contributed by atoms with Crippen molar-refractivity contribution in [2.75, 3.05) is 0 Å². The molecule has 2 N–H and O–H groups in total. The highest BCUT2D eigenvalue weighted by Gasteiger charge is 2.10. The number of hydrogen-bond donors (Lipinski definition) is 1. The molecule has 0 amide bonds. The molecule has 10 heavy (non-hydrogen) atoms. The summed E-state index contributed by atoms with van der Waals surface area (Å²) in [5.41, 5.74) is 5.45. The van der Waals surface area contributed by atoms with Gasteiger partial charge in [-0.05, 0) is 0 Å². The van der Waals surface area contributed by atoms with Crippen LogP contribution >= 0.6 is 0 Å². The molecule has 0 spiro atoms. The molecule has 0 heterocycles. The Bertz CT molecular complexity index is 112. The van der Waals surface area contributed by atoms with Crippen LogP contribution in [-0.4, -0.2) is 12.2 Å². The van der Waals surface area contributed by atoms with Crippen molar-refractivity contribution in [1.82, 2.24) is 0 Å². The predicted molar refractivity (Wildman–Crippen MR) is 39.2 cm³/mol. The maximum atomic E-state index is 10.6. The molecule has 0 aromatic rings. The van der Waals surface area contributed by atoms with Gasteiger partial charge >= 0.3 is 5.97 Å². The molecular formula is C7H15NO2. The summed E-state index contributed by atoms with van der Waals surface area (Å²) in [6, 6.07) is 0. The van der Waals surface area contributed by atoms with Crippen LogP contribution in [0, 0.1) is 5.92 Å². The van der Waals surface area contributed by atoms with Gasteiger partial charge in [-0.1, -0.05) is 20.8 Å². The lowest BCUT2D eigenvalue weighted by Crippen LogP contribution is -2.31. The molecule has 1 atom stereocenters. The van der Waals surface area contributed by atoms with Crippen LogP contribution in [-0.2, 0) is 9.53 Å². The summed E-state index contributed by atoms with van der Waals surface area (Å²) in [5, 5.41) is 0. The Morgan fingerprint density at radius 2 is 2.10 bits per heavy atom. The molecule has 0 aliphatic carbocycles. The van der Waals surface area contributed by atoms with Gasteiger partial charge in [-0.3, -0.25) is 10.5 Å². The standard InChI is InChI=1S/C7H15NO2/c1-4-6(9)10-7(8)5(2)3/h5,7H,4,8H2,1-3H3. The zero-order chi connectivity index (χ0) is 8.15. The van der Waals surface area contributed by atoms with Crippen LogP contribution in [0.3, 0.4) is 0 Å². The number of ether oxygens (including phenoxy) is 1. The Balaban J connectivity index is 3.57. The summed E-state index contributed by atoms with van der Waals surface area (Å²) < 4.78 is 4.80. The first-order valence-electron chi connectivity index (χ1n) is 3.53. The fourth-order valence-corrected chi connectivity index (χ4v) is 0.371. The molecule has 60 valence electrons. The van der Waals surface area contributed by atoms with E-state index in [9.17, 15) is 4.79 Å². The smallest absolute Gasteiger partial charge is 0.307 e. The molecule has 0 radical (unpaired) electrons. The van der Waals surface area contributed by atoms with Crippen molar-refractivity contribution >= 4 is 5.97 Å². The molecule has 0 saturated carbocycles. The topological polar surface area (TPSA) is 52.3 Å². The summed E-state index contributed by atoms with van der Waals surface area (Å²) in [6.07, 6.45) is -0.0621. The van der Waals surface area contributed by atoms with Crippen LogP contribution in [0.4, 0.5) is 0 Å². The van der Waals surface area contributed by atoms with Gasteiger partial charge < -0.3 is 4.74 Å². The lowest BCUT2D eigenvalue weighted by atomic mass is 10.2. The molecule has 0 aromatic heterocycles. The summed E-state index contributed by atoms with van der Waals surface area (Å²) >= 11 is 0. The van der Waals surface area contributed by atoms with Crippen LogP contribution in [0.15, 0.2) is 0 Å². The van der Waals surface area contributed by atoms with E-state index in [0.717, 1.165) is 0 Å². The first-order chi connectivity index (χ1) is 4.57. The molecule has 0 fully saturated rings. The van der Waals surface area contributed by atoms with E-state index in [0.29, 0.717) is 6.42 Å². The van der Waals surface area contributed by atoms with Gasteiger partial charge in [0.15, 0.2) is 6.23 Å². The normalized spacial score (nSPS) is 13.3. The van der Waals surface area contributed by atoms with Crippen LogP contribution in [0.5, 0.6) is 0 Å². The van der Waals surface area contributed by atoms with Crippen molar-refractivity contribution in [3.8, 4) is 0 Å². The molecule has 3 nitrogen and oxygen atoms in total.